The van der Waals surface area contributed by atoms with Crippen molar-refractivity contribution in [3.05, 3.63) is 158 Å². The maximum atomic E-state index is 6.34. The molecule has 0 atom stereocenters. The molecule has 0 aliphatic carbocycles. The molecular formula is C44H26N4O. The lowest BCUT2D eigenvalue weighted by molar-refractivity contribution is 0.476. The van der Waals surface area contributed by atoms with Gasteiger partial charge in [-0.25, -0.2) is 9.97 Å². The Kier molecular flexibility index (Phi) is 5.32. The van der Waals surface area contributed by atoms with Crippen molar-refractivity contribution >= 4 is 54.5 Å². The number of hydrogen-bond acceptors (Lipinski definition) is 3. The van der Waals surface area contributed by atoms with Gasteiger partial charge in [0.25, 0.3) is 0 Å². The van der Waals surface area contributed by atoms with Gasteiger partial charge >= 0.3 is 0 Å². The van der Waals surface area contributed by atoms with Crippen LogP contribution in [0.4, 0.5) is 0 Å². The van der Waals surface area contributed by atoms with Crippen LogP contribution in [0.2, 0.25) is 0 Å². The predicted molar refractivity (Wildman–Crippen MR) is 199 cm³/mol. The summed E-state index contributed by atoms with van der Waals surface area (Å²) in [5.41, 5.74) is 10.7. The fourth-order valence-electron chi connectivity index (χ4n) is 7.74. The first-order chi connectivity index (χ1) is 24.3. The van der Waals surface area contributed by atoms with Crippen molar-refractivity contribution in [3.63, 3.8) is 0 Å². The van der Waals surface area contributed by atoms with Crippen LogP contribution in [0, 0.1) is 0 Å². The molecule has 49 heavy (non-hydrogen) atoms. The average Bonchev–Trinajstić information content (AvgIpc) is 3.68. The number of hydrogen-bond donors (Lipinski definition) is 0. The van der Waals surface area contributed by atoms with Crippen LogP contribution in [-0.4, -0.2) is 19.1 Å². The molecule has 1 aliphatic heterocycles. The summed E-state index contributed by atoms with van der Waals surface area (Å²) in [5, 5.41) is 5.75. The van der Waals surface area contributed by atoms with E-state index < -0.39 is 0 Å². The van der Waals surface area contributed by atoms with Crippen molar-refractivity contribution in [1.29, 1.82) is 0 Å². The molecule has 0 N–H and O–H groups in total. The van der Waals surface area contributed by atoms with Gasteiger partial charge in [-0.3, -0.25) is 4.57 Å². The fraction of sp³-hybridized carbons (Fsp3) is 0. The molecule has 0 unspecified atom stereocenters. The van der Waals surface area contributed by atoms with Crippen molar-refractivity contribution in [2.75, 3.05) is 0 Å². The zero-order chi connectivity index (χ0) is 32.1. The van der Waals surface area contributed by atoms with E-state index in [9.17, 15) is 0 Å². The Hall–Kier alpha value is -6.72. The number of aromatic nitrogens is 4. The summed E-state index contributed by atoms with van der Waals surface area (Å²) in [6.45, 7) is 0. The Labute approximate surface area is 280 Å². The van der Waals surface area contributed by atoms with E-state index in [0.29, 0.717) is 5.95 Å². The Morgan fingerprint density at radius 1 is 0.408 bits per heavy atom. The van der Waals surface area contributed by atoms with Gasteiger partial charge in [-0.1, -0.05) is 103 Å². The maximum absolute atomic E-state index is 6.34. The van der Waals surface area contributed by atoms with E-state index in [2.05, 4.69) is 137 Å². The van der Waals surface area contributed by atoms with Crippen LogP contribution in [0.1, 0.15) is 0 Å². The third-order valence-electron chi connectivity index (χ3n) is 9.92. The van der Waals surface area contributed by atoms with Gasteiger partial charge in [-0.2, -0.15) is 0 Å². The van der Waals surface area contributed by atoms with Gasteiger partial charge in [0.05, 0.1) is 39.0 Å². The zero-order valence-electron chi connectivity index (χ0n) is 26.2. The fourth-order valence-corrected chi connectivity index (χ4v) is 7.74. The van der Waals surface area contributed by atoms with E-state index >= 15 is 0 Å². The topological polar surface area (TPSA) is 44.9 Å². The Morgan fingerprint density at radius 2 is 1.04 bits per heavy atom. The molecule has 0 amide bonds. The molecule has 0 saturated heterocycles. The minimum atomic E-state index is 0.662. The molecule has 0 bridgehead atoms. The highest BCUT2D eigenvalue weighted by Gasteiger charge is 2.24. The number of nitrogens with zero attached hydrogens (tertiary/aromatic N) is 4. The minimum Gasteiger partial charge on any atom is -0.453 e. The second-order valence-corrected chi connectivity index (χ2v) is 12.6. The van der Waals surface area contributed by atoms with Gasteiger partial charge in [0, 0.05) is 32.5 Å². The van der Waals surface area contributed by atoms with Crippen molar-refractivity contribution in [3.8, 4) is 45.5 Å². The van der Waals surface area contributed by atoms with Gasteiger partial charge < -0.3 is 9.30 Å². The minimum absolute atomic E-state index is 0.662. The van der Waals surface area contributed by atoms with E-state index in [1.165, 1.54) is 21.7 Å². The smallest absolute Gasteiger partial charge is 0.235 e. The molecule has 3 aromatic heterocycles. The number of fused-ring (bicyclic) bond motifs is 9. The summed E-state index contributed by atoms with van der Waals surface area (Å²) < 4.78 is 10.9. The van der Waals surface area contributed by atoms with Crippen molar-refractivity contribution in [2.24, 2.45) is 0 Å². The molecule has 1 aliphatic rings. The highest BCUT2D eigenvalue weighted by atomic mass is 16.5. The third-order valence-corrected chi connectivity index (χ3v) is 9.92. The molecule has 0 radical (unpaired) electrons. The monoisotopic (exact) mass is 626 g/mol. The van der Waals surface area contributed by atoms with E-state index in [1.54, 1.807) is 0 Å². The van der Waals surface area contributed by atoms with Crippen LogP contribution in [0.25, 0.3) is 88.5 Å². The van der Waals surface area contributed by atoms with Crippen LogP contribution >= 0.6 is 0 Å². The molecule has 10 aromatic rings. The lowest BCUT2D eigenvalue weighted by atomic mass is 10.0. The molecule has 5 heteroatoms. The molecule has 11 rings (SSSR count). The standard InChI is InChI=1S/C44H26N4O/c1-2-11-27(12-3-1)42-32-14-4-6-16-35(32)45-44(46-42)48-36-17-7-5-13-30(36)33-25-28(22-24-38(33)48)29-21-23-37-34(26-29)31-15-10-20-41-43(31)47(37)39-18-8-9-19-40(39)49-41/h1-26H. The van der Waals surface area contributed by atoms with E-state index in [4.69, 9.17) is 14.7 Å². The van der Waals surface area contributed by atoms with Crippen LogP contribution < -0.4 is 4.74 Å². The summed E-state index contributed by atoms with van der Waals surface area (Å²) in [5.74, 6) is 2.42. The van der Waals surface area contributed by atoms with Crippen LogP contribution in [-0.2, 0) is 0 Å². The van der Waals surface area contributed by atoms with E-state index in [0.717, 1.165) is 72.4 Å². The second kappa shape index (κ2) is 9.89. The molecule has 228 valence electrons. The van der Waals surface area contributed by atoms with E-state index in [-0.39, 0.29) is 0 Å². The lowest BCUT2D eigenvalue weighted by Crippen LogP contribution is -2.03. The van der Waals surface area contributed by atoms with Crippen LogP contribution in [0.15, 0.2) is 158 Å². The molecule has 0 saturated carbocycles. The first-order valence-corrected chi connectivity index (χ1v) is 16.5. The summed E-state index contributed by atoms with van der Waals surface area (Å²) in [6, 6.07) is 55.4. The quantitative estimate of drug-likeness (QED) is 0.196. The SMILES string of the molecule is c1ccc(-c2nc(-n3c4ccccc4c4cc(-c5ccc6c(c5)c5cccc7c5n6-c5ccccc5O7)ccc43)nc3ccccc23)cc1. The molecular weight excluding hydrogens is 601 g/mol. The van der Waals surface area contributed by atoms with Gasteiger partial charge in [0.15, 0.2) is 11.5 Å². The third kappa shape index (κ3) is 3.75. The molecule has 0 spiro atoms. The summed E-state index contributed by atoms with van der Waals surface area (Å²) in [7, 11) is 0. The first kappa shape index (κ1) is 26.4. The van der Waals surface area contributed by atoms with Crippen LogP contribution in [0.5, 0.6) is 11.5 Å². The Balaban J connectivity index is 1.12. The zero-order valence-corrected chi connectivity index (χ0v) is 26.2. The molecule has 4 heterocycles. The Bertz CT molecular complexity index is 2970. The number of ether oxygens (including phenoxy) is 1. The number of benzene rings is 7. The summed E-state index contributed by atoms with van der Waals surface area (Å²) >= 11 is 0. The Morgan fingerprint density at radius 3 is 1.90 bits per heavy atom. The molecule has 7 aromatic carbocycles. The van der Waals surface area contributed by atoms with Gasteiger partial charge in [-0.15, -0.1) is 0 Å². The van der Waals surface area contributed by atoms with Gasteiger partial charge in [0.2, 0.25) is 5.95 Å². The molecule has 0 fully saturated rings. The van der Waals surface area contributed by atoms with Gasteiger partial charge in [-0.05, 0) is 65.7 Å². The highest BCUT2D eigenvalue weighted by molar-refractivity contribution is 6.14. The average molecular weight is 627 g/mol. The first-order valence-electron chi connectivity index (χ1n) is 16.5. The molecule has 5 nitrogen and oxygen atoms in total. The second-order valence-electron chi connectivity index (χ2n) is 12.6. The summed E-state index contributed by atoms with van der Waals surface area (Å²) in [4.78, 5) is 10.4. The maximum Gasteiger partial charge on any atom is 0.235 e. The van der Waals surface area contributed by atoms with Crippen LogP contribution in [0.3, 0.4) is 0 Å². The van der Waals surface area contributed by atoms with Crippen molar-refractivity contribution in [1.82, 2.24) is 19.1 Å². The van der Waals surface area contributed by atoms with Crippen molar-refractivity contribution in [2.45, 2.75) is 0 Å². The largest absolute Gasteiger partial charge is 0.453 e. The lowest BCUT2D eigenvalue weighted by Gasteiger charge is -2.20. The van der Waals surface area contributed by atoms with Gasteiger partial charge in [0.1, 0.15) is 0 Å². The van der Waals surface area contributed by atoms with E-state index in [1.807, 2.05) is 30.3 Å². The van der Waals surface area contributed by atoms with Crippen molar-refractivity contribution < 1.29 is 4.74 Å². The summed E-state index contributed by atoms with van der Waals surface area (Å²) in [6.07, 6.45) is 0. The normalized spacial score (nSPS) is 12.2. The predicted octanol–water partition coefficient (Wildman–Crippen LogP) is 11.3. The highest BCUT2D eigenvalue weighted by Crippen LogP contribution is 2.46. The number of para-hydroxylation sites is 5. The number of rotatable bonds is 3.